The van der Waals surface area contributed by atoms with Crippen LogP contribution in [-0.2, 0) is 6.42 Å². The SMILES string of the molecule is CCN1CCN(c2cc3c(cc2F)c(=O)c(C(=O)NCCc2ccccc2OC)cn3C2CC2)CC1. The Labute approximate surface area is 210 Å². The number of pyridine rings is 1. The van der Waals surface area contributed by atoms with Crippen LogP contribution in [0.15, 0.2) is 47.4 Å². The maximum Gasteiger partial charge on any atom is 0.256 e. The first-order valence-corrected chi connectivity index (χ1v) is 12.8. The van der Waals surface area contributed by atoms with Crippen molar-refractivity contribution in [2.45, 2.75) is 32.2 Å². The Morgan fingerprint density at radius 3 is 2.58 bits per heavy atom. The summed E-state index contributed by atoms with van der Waals surface area (Å²) in [5.41, 5.74) is 1.82. The first-order chi connectivity index (χ1) is 17.5. The van der Waals surface area contributed by atoms with Gasteiger partial charge in [0.2, 0.25) is 5.43 Å². The molecule has 1 aromatic heterocycles. The van der Waals surface area contributed by atoms with Crippen LogP contribution in [0, 0.1) is 5.82 Å². The van der Waals surface area contributed by atoms with E-state index in [1.165, 1.54) is 6.07 Å². The Hall–Kier alpha value is -3.39. The van der Waals surface area contributed by atoms with Gasteiger partial charge in [0.05, 0.1) is 18.3 Å². The highest BCUT2D eigenvalue weighted by molar-refractivity contribution is 5.98. The molecule has 190 valence electrons. The average Bonchev–Trinajstić information content (AvgIpc) is 3.75. The molecule has 5 rings (SSSR count). The van der Waals surface area contributed by atoms with E-state index < -0.39 is 17.2 Å². The molecule has 0 bridgehead atoms. The molecule has 2 fully saturated rings. The molecule has 7 nitrogen and oxygen atoms in total. The number of anilines is 1. The number of benzene rings is 2. The summed E-state index contributed by atoms with van der Waals surface area (Å²) in [5.74, 6) is -0.0945. The van der Waals surface area contributed by atoms with Crippen molar-refractivity contribution in [2.24, 2.45) is 0 Å². The Kier molecular flexibility index (Phi) is 6.96. The summed E-state index contributed by atoms with van der Waals surface area (Å²) in [7, 11) is 1.61. The van der Waals surface area contributed by atoms with E-state index in [0.717, 1.165) is 56.9 Å². The average molecular weight is 493 g/mol. The van der Waals surface area contributed by atoms with Gasteiger partial charge < -0.3 is 24.4 Å². The number of aromatic nitrogens is 1. The molecule has 0 atom stereocenters. The second-order valence-electron chi connectivity index (χ2n) is 9.57. The number of halogens is 1. The number of hydrogen-bond acceptors (Lipinski definition) is 5. The number of para-hydroxylation sites is 1. The number of carbonyl (C=O) groups excluding carboxylic acids is 1. The maximum atomic E-state index is 15.3. The summed E-state index contributed by atoms with van der Waals surface area (Å²) < 4.78 is 22.7. The fourth-order valence-electron chi connectivity index (χ4n) is 5.04. The molecule has 0 unspecified atom stereocenters. The van der Waals surface area contributed by atoms with Crippen LogP contribution in [-0.4, -0.2) is 61.8 Å². The Morgan fingerprint density at radius 2 is 1.89 bits per heavy atom. The molecule has 8 heteroatoms. The number of amides is 1. The molecule has 0 radical (unpaired) electrons. The van der Waals surface area contributed by atoms with E-state index in [1.54, 1.807) is 19.4 Å². The number of nitrogens with one attached hydrogen (secondary N) is 1. The monoisotopic (exact) mass is 492 g/mol. The van der Waals surface area contributed by atoms with Crippen molar-refractivity contribution < 1.29 is 13.9 Å². The van der Waals surface area contributed by atoms with Gasteiger partial charge in [-0.05, 0) is 49.6 Å². The lowest BCUT2D eigenvalue weighted by atomic mass is 10.1. The summed E-state index contributed by atoms with van der Waals surface area (Å²) in [6, 6.07) is 11.0. The number of carbonyl (C=O) groups is 1. The molecule has 3 aromatic rings. The van der Waals surface area contributed by atoms with Crippen molar-refractivity contribution in [3.05, 3.63) is 69.8 Å². The zero-order valence-electron chi connectivity index (χ0n) is 20.9. The van der Waals surface area contributed by atoms with Crippen molar-refractivity contribution in [3.63, 3.8) is 0 Å². The second kappa shape index (κ2) is 10.3. The third-order valence-electron chi connectivity index (χ3n) is 7.32. The summed E-state index contributed by atoms with van der Waals surface area (Å²) >= 11 is 0. The molecule has 1 saturated carbocycles. The fraction of sp³-hybridized carbons (Fsp3) is 0.429. The van der Waals surface area contributed by atoms with Crippen LogP contribution in [0.5, 0.6) is 5.75 Å². The smallest absolute Gasteiger partial charge is 0.256 e. The molecular weight excluding hydrogens is 459 g/mol. The summed E-state index contributed by atoms with van der Waals surface area (Å²) in [4.78, 5) is 30.8. The minimum absolute atomic E-state index is 0.0538. The maximum absolute atomic E-state index is 15.3. The van der Waals surface area contributed by atoms with Crippen molar-refractivity contribution >= 4 is 22.5 Å². The van der Waals surface area contributed by atoms with E-state index in [1.807, 2.05) is 28.8 Å². The van der Waals surface area contributed by atoms with Gasteiger partial charge in [0.15, 0.2) is 0 Å². The summed E-state index contributed by atoms with van der Waals surface area (Å²) in [6.07, 6.45) is 4.20. The number of fused-ring (bicyclic) bond motifs is 1. The van der Waals surface area contributed by atoms with Crippen LogP contribution in [0.4, 0.5) is 10.1 Å². The van der Waals surface area contributed by atoms with E-state index >= 15 is 4.39 Å². The molecule has 2 aliphatic rings. The Bertz CT molecular complexity index is 1330. The lowest BCUT2D eigenvalue weighted by Crippen LogP contribution is -2.46. The summed E-state index contributed by atoms with van der Waals surface area (Å²) in [6.45, 7) is 6.74. The highest BCUT2D eigenvalue weighted by Crippen LogP contribution is 2.38. The van der Waals surface area contributed by atoms with Gasteiger partial charge in [0, 0.05) is 50.3 Å². The summed E-state index contributed by atoms with van der Waals surface area (Å²) in [5, 5.41) is 3.12. The van der Waals surface area contributed by atoms with Gasteiger partial charge in [-0.15, -0.1) is 0 Å². The Morgan fingerprint density at radius 1 is 1.14 bits per heavy atom. The van der Waals surface area contributed by atoms with Crippen LogP contribution >= 0.6 is 0 Å². The van der Waals surface area contributed by atoms with Gasteiger partial charge in [0.25, 0.3) is 5.91 Å². The third kappa shape index (κ3) is 4.82. The van der Waals surface area contributed by atoms with Crippen molar-refractivity contribution in [2.75, 3.05) is 51.3 Å². The van der Waals surface area contributed by atoms with E-state index in [4.69, 9.17) is 4.74 Å². The topological polar surface area (TPSA) is 66.8 Å². The molecule has 36 heavy (non-hydrogen) atoms. The molecule has 0 spiro atoms. The number of ether oxygens (including phenoxy) is 1. The van der Waals surface area contributed by atoms with Gasteiger partial charge in [0.1, 0.15) is 17.1 Å². The molecule has 2 heterocycles. The van der Waals surface area contributed by atoms with E-state index in [2.05, 4.69) is 22.0 Å². The number of nitrogens with zero attached hydrogens (tertiary/aromatic N) is 3. The van der Waals surface area contributed by atoms with Crippen LogP contribution in [0.25, 0.3) is 10.9 Å². The fourth-order valence-corrected chi connectivity index (χ4v) is 5.04. The molecule has 1 N–H and O–H groups in total. The molecule has 1 amide bonds. The molecule has 1 aliphatic carbocycles. The first kappa shape index (κ1) is 24.3. The van der Waals surface area contributed by atoms with Gasteiger partial charge >= 0.3 is 0 Å². The van der Waals surface area contributed by atoms with E-state index in [9.17, 15) is 9.59 Å². The number of hydrogen-bond donors (Lipinski definition) is 1. The van der Waals surface area contributed by atoms with Gasteiger partial charge in [-0.3, -0.25) is 9.59 Å². The molecule has 1 saturated heterocycles. The van der Waals surface area contributed by atoms with Crippen molar-refractivity contribution in [1.82, 2.24) is 14.8 Å². The quantitative estimate of drug-likeness (QED) is 0.521. The van der Waals surface area contributed by atoms with Crippen LogP contribution in [0.3, 0.4) is 0 Å². The van der Waals surface area contributed by atoms with Crippen LogP contribution in [0.2, 0.25) is 0 Å². The Balaban J connectivity index is 1.42. The van der Waals surface area contributed by atoms with Crippen LogP contribution in [0.1, 0.15) is 41.7 Å². The lowest BCUT2D eigenvalue weighted by molar-refractivity contribution is 0.0952. The minimum Gasteiger partial charge on any atom is -0.496 e. The van der Waals surface area contributed by atoms with E-state index in [0.29, 0.717) is 24.2 Å². The van der Waals surface area contributed by atoms with Gasteiger partial charge in [-0.25, -0.2) is 4.39 Å². The van der Waals surface area contributed by atoms with Gasteiger partial charge in [-0.1, -0.05) is 25.1 Å². The van der Waals surface area contributed by atoms with E-state index in [-0.39, 0.29) is 17.0 Å². The highest BCUT2D eigenvalue weighted by atomic mass is 19.1. The zero-order valence-corrected chi connectivity index (χ0v) is 20.9. The minimum atomic E-state index is -0.439. The number of piperazine rings is 1. The standard InChI is InChI=1S/C28H33FN4O3/c1-3-31-12-14-32(15-13-31)25-17-24-21(16-23(25)29)27(34)22(18-33(24)20-8-9-20)28(35)30-11-10-19-6-4-5-7-26(19)36-2/h4-7,16-18,20H,3,8-15H2,1-2H3,(H,30,35). The predicted octanol–water partition coefficient (Wildman–Crippen LogP) is 3.60. The molecule has 2 aromatic carbocycles. The predicted molar refractivity (Wildman–Crippen MR) is 140 cm³/mol. The normalized spacial score (nSPS) is 16.4. The number of rotatable bonds is 8. The first-order valence-electron chi connectivity index (χ1n) is 12.8. The highest BCUT2D eigenvalue weighted by Gasteiger charge is 2.28. The van der Waals surface area contributed by atoms with Crippen LogP contribution < -0.4 is 20.4 Å². The largest absolute Gasteiger partial charge is 0.496 e. The zero-order chi connectivity index (χ0) is 25.2. The van der Waals surface area contributed by atoms with Crippen molar-refractivity contribution in [1.29, 1.82) is 0 Å². The van der Waals surface area contributed by atoms with Gasteiger partial charge in [-0.2, -0.15) is 0 Å². The second-order valence-corrected chi connectivity index (χ2v) is 9.57. The molecule has 1 aliphatic heterocycles. The van der Waals surface area contributed by atoms with Crippen molar-refractivity contribution in [3.8, 4) is 5.75 Å². The lowest BCUT2D eigenvalue weighted by Gasteiger charge is -2.35. The third-order valence-corrected chi connectivity index (χ3v) is 7.32. The number of likely N-dealkylation sites (N-methyl/N-ethyl adjacent to an activating group) is 1. The number of methoxy groups -OCH3 is 1. The molecular formula is C28H33FN4O3.